The molecule has 3 heteroatoms. The zero-order valence-electron chi connectivity index (χ0n) is 11.4. The van der Waals surface area contributed by atoms with Crippen LogP contribution in [0.5, 0.6) is 0 Å². The molecule has 0 bridgehead atoms. The minimum Gasteiger partial charge on any atom is -0.309 e. The van der Waals surface area contributed by atoms with Crippen LogP contribution >= 0.6 is 15.9 Å². The van der Waals surface area contributed by atoms with Crippen LogP contribution in [0.3, 0.4) is 0 Å². The van der Waals surface area contributed by atoms with E-state index >= 15 is 0 Å². The second-order valence-electron chi connectivity index (χ2n) is 6.47. The Morgan fingerprint density at radius 2 is 1.88 bits per heavy atom. The van der Waals surface area contributed by atoms with Crippen LogP contribution in [-0.4, -0.2) is 55.4 Å². The summed E-state index contributed by atoms with van der Waals surface area (Å²) in [6, 6.07) is 0. The van der Waals surface area contributed by atoms with Crippen molar-refractivity contribution in [2.45, 2.75) is 32.1 Å². The van der Waals surface area contributed by atoms with Crippen molar-refractivity contribution in [1.82, 2.24) is 9.80 Å². The smallest absolute Gasteiger partial charge is 0.0100 e. The van der Waals surface area contributed by atoms with Gasteiger partial charge in [0.2, 0.25) is 0 Å². The maximum Gasteiger partial charge on any atom is 0.0100 e. The number of piperidine rings is 1. The molecular weight excluding hydrogens is 276 g/mol. The van der Waals surface area contributed by atoms with Gasteiger partial charge in [-0.2, -0.15) is 0 Å². The van der Waals surface area contributed by atoms with Gasteiger partial charge in [-0.3, -0.25) is 0 Å². The first-order valence-electron chi connectivity index (χ1n) is 7.07. The topological polar surface area (TPSA) is 6.48 Å². The normalized spacial score (nSPS) is 26.1. The lowest BCUT2D eigenvalue weighted by molar-refractivity contribution is 0.0648. The molecular formula is C14H27BrN2. The third-order valence-electron chi connectivity index (χ3n) is 4.59. The Bertz CT molecular complexity index is 225. The molecule has 2 fully saturated rings. The zero-order valence-corrected chi connectivity index (χ0v) is 13.0. The van der Waals surface area contributed by atoms with Crippen LogP contribution in [0.2, 0.25) is 0 Å². The van der Waals surface area contributed by atoms with Gasteiger partial charge in [-0.1, -0.05) is 22.4 Å². The molecule has 2 aliphatic rings. The summed E-state index contributed by atoms with van der Waals surface area (Å²) < 4.78 is 0. The first-order chi connectivity index (χ1) is 8.13. The predicted molar refractivity (Wildman–Crippen MR) is 77.8 cm³/mol. The Morgan fingerprint density at radius 3 is 2.29 bits per heavy atom. The molecule has 2 rings (SSSR count). The van der Waals surface area contributed by atoms with E-state index in [1.54, 1.807) is 0 Å². The van der Waals surface area contributed by atoms with Crippen molar-refractivity contribution in [3.8, 4) is 0 Å². The minimum absolute atomic E-state index is 0.633. The van der Waals surface area contributed by atoms with E-state index in [-0.39, 0.29) is 0 Å². The monoisotopic (exact) mass is 302 g/mol. The molecule has 1 aliphatic carbocycles. The molecule has 0 N–H and O–H groups in total. The summed E-state index contributed by atoms with van der Waals surface area (Å²) in [4.78, 5) is 5.05. The molecule has 0 spiro atoms. The lowest BCUT2D eigenvalue weighted by Crippen LogP contribution is -2.47. The molecule has 1 saturated heterocycles. The lowest BCUT2D eigenvalue weighted by atomic mass is 9.70. The van der Waals surface area contributed by atoms with Gasteiger partial charge < -0.3 is 9.80 Å². The Balaban J connectivity index is 1.72. The van der Waals surface area contributed by atoms with Gasteiger partial charge in [-0.05, 0) is 64.2 Å². The molecule has 2 nitrogen and oxygen atoms in total. The minimum atomic E-state index is 0.633. The van der Waals surface area contributed by atoms with E-state index in [0.29, 0.717) is 5.41 Å². The van der Waals surface area contributed by atoms with Gasteiger partial charge >= 0.3 is 0 Å². The number of hydrogen-bond acceptors (Lipinski definition) is 2. The molecule has 0 aromatic rings. The summed E-state index contributed by atoms with van der Waals surface area (Å²) in [5, 5.41) is 1.21. The van der Waals surface area contributed by atoms with Gasteiger partial charge in [0, 0.05) is 18.4 Å². The molecule has 0 aromatic heterocycles. The zero-order chi connectivity index (χ0) is 12.3. The summed E-state index contributed by atoms with van der Waals surface area (Å²) in [6.07, 6.45) is 7.13. The van der Waals surface area contributed by atoms with Gasteiger partial charge in [0.15, 0.2) is 0 Å². The highest BCUT2D eigenvalue weighted by Gasteiger charge is 2.38. The average molecular weight is 303 g/mol. The number of hydrogen-bond donors (Lipinski definition) is 0. The summed E-state index contributed by atoms with van der Waals surface area (Å²) in [5.41, 5.74) is 0.633. The molecule has 1 aliphatic heterocycles. The predicted octanol–water partition coefficient (Wildman–Crippen LogP) is 2.83. The maximum atomic E-state index is 3.72. The second kappa shape index (κ2) is 6.03. The van der Waals surface area contributed by atoms with Crippen molar-refractivity contribution in [2.24, 2.45) is 11.3 Å². The van der Waals surface area contributed by atoms with Crippen LogP contribution < -0.4 is 0 Å². The summed E-state index contributed by atoms with van der Waals surface area (Å²) in [6.45, 7) is 5.27. The number of rotatable bonds is 5. The Kier molecular flexibility index (Phi) is 4.90. The van der Waals surface area contributed by atoms with Crippen LogP contribution in [-0.2, 0) is 0 Å². The lowest BCUT2D eigenvalue weighted by Gasteiger charge is -2.46. The Morgan fingerprint density at radius 1 is 1.24 bits per heavy atom. The highest BCUT2D eigenvalue weighted by Crippen LogP contribution is 2.43. The highest BCUT2D eigenvalue weighted by atomic mass is 79.9. The third kappa shape index (κ3) is 3.68. The fraction of sp³-hybridized carbons (Fsp3) is 1.00. The highest BCUT2D eigenvalue weighted by molar-refractivity contribution is 9.09. The molecule has 100 valence electrons. The van der Waals surface area contributed by atoms with E-state index in [2.05, 4.69) is 39.8 Å². The second-order valence-corrected chi connectivity index (χ2v) is 7.03. The van der Waals surface area contributed by atoms with Gasteiger partial charge in [-0.25, -0.2) is 0 Å². The molecule has 0 amide bonds. The van der Waals surface area contributed by atoms with E-state index < -0.39 is 0 Å². The van der Waals surface area contributed by atoms with Gasteiger partial charge in [0.1, 0.15) is 0 Å². The largest absolute Gasteiger partial charge is 0.309 e. The number of likely N-dealkylation sites (tertiary alicyclic amines) is 1. The third-order valence-corrected chi connectivity index (χ3v) is 5.78. The van der Waals surface area contributed by atoms with Crippen molar-refractivity contribution < 1.29 is 0 Å². The van der Waals surface area contributed by atoms with E-state index in [9.17, 15) is 0 Å². The van der Waals surface area contributed by atoms with Crippen molar-refractivity contribution in [3.63, 3.8) is 0 Å². The number of halogens is 1. The first-order valence-corrected chi connectivity index (χ1v) is 8.19. The SMILES string of the molecule is CN(C)CC1CCN(CC2(CBr)CCC2)CC1. The summed E-state index contributed by atoms with van der Waals surface area (Å²) in [5.74, 6) is 0.933. The van der Waals surface area contributed by atoms with Crippen molar-refractivity contribution in [1.29, 1.82) is 0 Å². The molecule has 1 heterocycles. The van der Waals surface area contributed by atoms with Crippen LogP contribution in [0.4, 0.5) is 0 Å². The van der Waals surface area contributed by atoms with E-state index in [1.807, 2.05) is 0 Å². The van der Waals surface area contributed by atoms with Gasteiger partial charge in [0.05, 0.1) is 0 Å². The summed E-state index contributed by atoms with van der Waals surface area (Å²) >= 11 is 3.72. The maximum absolute atomic E-state index is 3.72. The molecule has 0 unspecified atom stereocenters. The van der Waals surface area contributed by atoms with Crippen LogP contribution in [0, 0.1) is 11.3 Å². The quantitative estimate of drug-likeness (QED) is 0.721. The molecule has 0 radical (unpaired) electrons. The molecule has 1 saturated carbocycles. The summed E-state index contributed by atoms with van der Waals surface area (Å²) in [7, 11) is 4.39. The van der Waals surface area contributed by atoms with E-state index in [4.69, 9.17) is 0 Å². The fourth-order valence-corrected chi connectivity index (χ4v) is 4.07. The first kappa shape index (κ1) is 13.8. The van der Waals surface area contributed by atoms with Crippen LogP contribution in [0.25, 0.3) is 0 Å². The van der Waals surface area contributed by atoms with Crippen LogP contribution in [0.15, 0.2) is 0 Å². The molecule has 0 atom stereocenters. The average Bonchev–Trinajstić information content (AvgIpc) is 2.25. The van der Waals surface area contributed by atoms with Crippen molar-refractivity contribution >= 4 is 15.9 Å². The van der Waals surface area contributed by atoms with Gasteiger partial charge in [0.25, 0.3) is 0 Å². The van der Waals surface area contributed by atoms with Gasteiger partial charge in [-0.15, -0.1) is 0 Å². The molecule has 0 aromatic carbocycles. The number of nitrogens with zero attached hydrogens (tertiary/aromatic N) is 2. The standard InChI is InChI=1S/C14H27BrN2/c1-16(2)10-13-4-8-17(9-5-13)12-14(11-15)6-3-7-14/h13H,3-12H2,1-2H3. The fourth-order valence-electron chi connectivity index (χ4n) is 3.33. The van der Waals surface area contributed by atoms with E-state index in [1.165, 1.54) is 63.6 Å². The Labute approximate surface area is 115 Å². The van der Waals surface area contributed by atoms with E-state index in [0.717, 1.165) is 5.92 Å². The number of alkyl halides is 1. The Hall–Kier alpha value is 0.400. The van der Waals surface area contributed by atoms with Crippen LogP contribution in [0.1, 0.15) is 32.1 Å². The van der Waals surface area contributed by atoms with Crippen molar-refractivity contribution in [3.05, 3.63) is 0 Å². The molecule has 17 heavy (non-hydrogen) atoms. The van der Waals surface area contributed by atoms with Crippen molar-refractivity contribution in [2.75, 3.05) is 45.6 Å².